The van der Waals surface area contributed by atoms with E-state index in [0.717, 1.165) is 84.2 Å². The van der Waals surface area contributed by atoms with Crippen LogP contribution in [0, 0.1) is 110 Å². The average molecular weight is 1280 g/mol. The van der Waals surface area contributed by atoms with Gasteiger partial charge in [-0.05, 0) is 219 Å². The zero-order chi connectivity index (χ0) is 67.8. The predicted molar refractivity (Wildman–Crippen MR) is 367 cm³/mol. The van der Waals surface area contributed by atoms with E-state index in [0.29, 0.717) is 34.5 Å². The second kappa shape index (κ2) is 36.5. The summed E-state index contributed by atoms with van der Waals surface area (Å²) in [7, 11) is 0. The molecule has 0 saturated heterocycles. The number of hydrogen-bond donors (Lipinski definition) is 9. The van der Waals surface area contributed by atoms with Crippen molar-refractivity contribution in [3.05, 3.63) is 194 Å². The highest BCUT2D eigenvalue weighted by atomic mass is 32.2. The molecule has 0 aliphatic carbocycles. The fourth-order valence-corrected chi connectivity index (χ4v) is 8.39. The summed E-state index contributed by atoms with van der Waals surface area (Å²) < 4.78 is 20.4. The first-order valence-electron chi connectivity index (χ1n) is 27.3. The van der Waals surface area contributed by atoms with E-state index >= 15 is 0 Å². The second-order valence-corrected chi connectivity index (χ2v) is 19.7. The quantitative estimate of drug-likeness (QED) is 0.0430. The molecule has 0 bridgehead atoms. The molecule has 0 fully saturated rings. The van der Waals surface area contributed by atoms with Crippen molar-refractivity contribution in [2.24, 2.45) is 0 Å². The number of nitrogen functional groups attached to an aromatic ring is 3. The number of benzene rings is 6. The van der Waals surface area contributed by atoms with Crippen LogP contribution in [0.4, 0.5) is 95.4 Å². The molecule has 3 heterocycles. The number of rotatable bonds is 15. The van der Waals surface area contributed by atoms with Crippen LogP contribution in [0.15, 0.2) is 127 Å². The van der Waals surface area contributed by atoms with Gasteiger partial charge in [-0.3, -0.25) is 0 Å². The molecule has 0 saturated carbocycles. The minimum absolute atomic E-state index is 0.0718. The van der Waals surface area contributed by atoms with Crippen molar-refractivity contribution in [3.8, 4) is 36.4 Å². The van der Waals surface area contributed by atoms with E-state index in [2.05, 4.69) is 95.0 Å². The molecule has 0 amide bonds. The van der Waals surface area contributed by atoms with Crippen molar-refractivity contribution in [2.45, 2.75) is 41.5 Å². The smallest absolute Gasteiger partial charge is 0.233 e. The number of aromatic nitrogens is 9. The van der Waals surface area contributed by atoms with Gasteiger partial charge in [0.05, 0.1) is 53.1 Å². The van der Waals surface area contributed by atoms with Crippen LogP contribution in [0.5, 0.6) is 0 Å². The van der Waals surface area contributed by atoms with Crippen LogP contribution in [-0.4, -0.2) is 57.4 Å². The fourth-order valence-electron chi connectivity index (χ4n) is 8.39. The Morgan fingerprint density at radius 3 is 0.720 bits per heavy atom. The van der Waals surface area contributed by atoms with Gasteiger partial charge in [-0.2, -0.15) is 84.2 Å². The zero-order valence-corrected chi connectivity index (χ0v) is 53.0. The summed E-state index contributed by atoms with van der Waals surface area (Å²) >= 11 is 0.500. The number of hydrogen-bond acceptors (Lipinski definition) is 26. The summed E-state index contributed by atoms with van der Waals surface area (Å²) in [6.45, 7) is 11.7. The van der Waals surface area contributed by atoms with Crippen LogP contribution in [0.2, 0.25) is 0 Å². The molecule has 466 valence electrons. The minimum Gasteiger partial charge on any atom is -0.368 e. The van der Waals surface area contributed by atoms with Crippen LogP contribution in [0.1, 0.15) is 66.8 Å². The van der Waals surface area contributed by atoms with Crippen LogP contribution in [0.25, 0.3) is 18.2 Å². The normalized spacial score (nSPS) is 10.1. The molecule has 0 unspecified atom stereocenters. The lowest BCUT2D eigenvalue weighted by Gasteiger charge is -2.14. The second-order valence-electron chi connectivity index (χ2n) is 19.1. The summed E-state index contributed by atoms with van der Waals surface area (Å²) in [4.78, 5) is 37.9. The van der Waals surface area contributed by atoms with E-state index in [4.69, 9.17) is 48.8 Å². The molecule has 93 heavy (non-hydrogen) atoms. The third kappa shape index (κ3) is 23.1. The Kier molecular flexibility index (Phi) is 27.9. The number of nitrogens with two attached hydrogens (primary N) is 3. The number of aryl methyl sites for hydroxylation is 6. The SMILES string of the molecule is CSF.CSF.Cc1cc(/C=C/C#N)cc(C)c1Nc1nc(N)nc(Nc2ccc(C#N)cc2)n1.Cc1cc(/C=C\C#N)cc(C)c1Nc1nc(N)nc(Nc2ccc(C#N)cc2)n1.Cc1cc(C=CC#N)cc(C)c1Nc1nc(N)nc(Nc2ccc(C#N)cc2)n1. The van der Waals surface area contributed by atoms with Crippen LogP contribution in [0.3, 0.4) is 0 Å². The molecule has 24 nitrogen and oxygen atoms in total. The first-order chi connectivity index (χ1) is 44.8. The average Bonchev–Trinajstić information content (AvgIpc) is 0.933. The molecular weight excluding hydrogens is 1220 g/mol. The van der Waals surface area contributed by atoms with Gasteiger partial charge in [-0.15, -0.1) is 0 Å². The van der Waals surface area contributed by atoms with Crippen LogP contribution in [-0.2, 0) is 0 Å². The van der Waals surface area contributed by atoms with Crippen molar-refractivity contribution in [2.75, 3.05) is 61.6 Å². The fraction of sp³-hybridized carbons (Fsp3) is 0.123. The molecule has 6 aromatic carbocycles. The van der Waals surface area contributed by atoms with E-state index in [1.54, 1.807) is 91.0 Å². The maximum atomic E-state index is 10.2. The summed E-state index contributed by atoms with van der Waals surface area (Å²) in [5, 5.41) is 71.5. The molecule has 12 N–H and O–H groups in total. The molecule has 9 aromatic rings. The van der Waals surface area contributed by atoms with Gasteiger partial charge in [-0.1, -0.05) is 0 Å². The Labute approximate surface area is 545 Å². The molecular formula is C65H60F2N24S2. The number of nitriles is 6. The van der Waals surface area contributed by atoms with E-state index in [-0.39, 0.29) is 60.0 Å². The number of anilines is 15. The first-order valence-corrected chi connectivity index (χ1v) is 29.5. The van der Waals surface area contributed by atoms with Crippen molar-refractivity contribution in [1.82, 2.24) is 44.9 Å². The number of nitrogens with zero attached hydrogens (tertiary/aromatic N) is 15. The monoisotopic (exact) mass is 1280 g/mol. The Balaban J connectivity index is 0.000000242. The van der Waals surface area contributed by atoms with Gasteiger partial charge in [0.25, 0.3) is 0 Å². The lowest BCUT2D eigenvalue weighted by atomic mass is 10.0. The van der Waals surface area contributed by atoms with Crippen molar-refractivity contribution in [1.29, 1.82) is 31.6 Å². The lowest BCUT2D eigenvalue weighted by Crippen LogP contribution is -2.08. The summed E-state index contributed by atoms with van der Waals surface area (Å²) in [6, 6.07) is 44.7. The highest BCUT2D eigenvalue weighted by molar-refractivity contribution is 7.93. The number of nitrogens with one attached hydrogen (secondary N) is 6. The predicted octanol–water partition coefficient (Wildman–Crippen LogP) is 14.4. The van der Waals surface area contributed by atoms with Gasteiger partial charge < -0.3 is 49.1 Å². The largest absolute Gasteiger partial charge is 0.368 e. The van der Waals surface area contributed by atoms with Gasteiger partial charge in [0, 0.05) is 89.2 Å². The third-order valence-corrected chi connectivity index (χ3v) is 12.2. The van der Waals surface area contributed by atoms with Gasteiger partial charge in [0.15, 0.2) is 0 Å². The van der Waals surface area contributed by atoms with Crippen molar-refractivity contribution >= 4 is 130 Å². The van der Waals surface area contributed by atoms with Gasteiger partial charge >= 0.3 is 0 Å². The third-order valence-electron chi connectivity index (χ3n) is 12.2. The maximum absolute atomic E-state index is 10.2. The Bertz CT molecular complexity index is 3890. The van der Waals surface area contributed by atoms with Gasteiger partial charge in [0.1, 0.15) is 0 Å². The Morgan fingerprint density at radius 1 is 0.344 bits per heavy atom. The zero-order valence-electron chi connectivity index (χ0n) is 51.4. The summed E-state index contributed by atoms with van der Waals surface area (Å²) in [6.07, 6.45) is 12.3. The van der Waals surface area contributed by atoms with Crippen LogP contribution < -0.4 is 49.1 Å². The van der Waals surface area contributed by atoms with Gasteiger partial charge in [0.2, 0.25) is 53.5 Å². The van der Waals surface area contributed by atoms with Crippen molar-refractivity contribution < 1.29 is 7.77 Å². The molecule has 0 spiro atoms. The standard InChI is InChI=1S/3C21H18N8.2CH3FS/c3*1-13-10-16(4-3-9-22)11-14(2)18(13)26-21-28-19(24)27-20(29-21)25-17-7-5-15(12-23)6-8-17;2*1-3-2/h3*3-8,10-11H,1-2H3,(H4,24,25,26,27,28,29);2*1H3/b4-3+;4-3-;;;. The minimum atomic E-state index is 0.0718. The van der Waals surface area contributed by atoms with E-state index in [1.807, 2.05) is 96.1 Å². The summed E-state index contributed by atoms with van der Waals surface area (Å²) in [5.74, 6) is 1.99. The highest BCUT2D eigenvalue weighted by Crippen LogP contribution is 2.30. The molecule has 28 heteroatoms. The lowest BCUT2D eigenvalue weighted by molar-refractivity contribution is 0.943. The molecule has 9 rings (SSSR count). The molecule has 3 aromatic heterocycles. The molecule has 0 aliphatic rings. The van der Waals surface area contributed by atoms with Crippen LogP contribution >= 0.6 is 24.3 Å². The Hall–Kier alpha value is -12.7. The van der Waals surface area contributed by atoms with Gasteiger partial charge in [-0.25, -0.2) is 0 Å². The molecule has 0 radical (unpaired) electrons. The Morgan fingerprint density at radius 2 is 0.538 bits per heavy atom. The maximum Gasteiger partial charge on any atom is 0.233 e. The first kappa shape index (κ1) is 71.0. The number of halogens is 2. The highest BCUT2D eigenvalue weighted by Gasteiger charge is 2.14. The van der Waals surface area contributed by atoms with E-state index in [9.17, 15) is 7.77 Å². The topological polar surface area (TPSA) is 409 Å². The van der Waals surface area contributed by atoms with E-state index in [1.165, 1.54) is 30.7 Å². The number of allylic oxidation sites excluding steroid dienone is 3. The molecule has 0 atom stereocenters. The summed E-state index contributed by atoms with van der Waals surface area (Å²) in [5.41, 5.74) is 32.6. The van der Waals surface area contributed by atoms with Crippen molar-refractivity contribution in [3.63, 3.8) is 0 Å². The molecule has 0 aliphatic heterocycles. The van der Waals surface area contributed by atoms with E-state index < -0.39 is 0 Å².